The van der Waals surface area contributed by atoms with Gasteiger partial charge in [-0.15, -0.1) is 0 Å². The molecule has 0 bridgehead atoms. The molecule has 0 atom stereocenters. The first-order valence-corrected chi connectivity index (χ1v) is 5.99. The predicted octanol–water partition coefficient (Wildman–Crippen LogP) is 1.03. The molecule has 0 spiro atoms. The van der Waals surface area contributed by atoms with Crippen molar-refractivity contribution < 1.29 is 4.79 Å². The lowest BCUT2D eigenvalue weighted by Gasteiger charge is -2.21. The largest absolute Gasteiger partial charge is 0.317 e. The van der Waals surface area contributed by atoms with Crippen LogP contribution in [-0.4, -0.2) is 29.0 Å². The number of aryl methyl sites for hydroxylation is 2. The van der Waals surface area contributed by atoms with E-state index < -0.39 is 0 Å². The summed E-state index contributed by atoms with van der Waals surface area (Å²) >= 11 is 0. The Morgan fingerprint density at radius 2 is 2.06 bits per heavy atom. The third-order valence-corrected chi connectivity index (χ3v) is 2.93. The van der Waals surface area contributed by atoms with Gasteiger partial charge in [-0.25, -0.2) is 9.97 Å². The van der Waals surface area contributed by atoms with Crippen molar-refractivity contribution in [2.45, 2.75) is 26.7 Å². The average Bonchev–Trinajstić information content (AvgIpc) is 2.28. The SMILES string of the molecule is Cc1cc(NC(=O)C2CCNCC2)nc(C)n1. The minimum atomic E-state index is 0.0731. The van der Waals surface area contributed by atoms with E-state index in [0.29, 0.717) is 11.6 Å². The zero-order valence-corrected chi connectivity index (χ0v) is 10.3. The lowest BCUT2D eigenvalue weighted by atomic mass is 9.97. The van der Waals surface area contributed by atoms with Crippen LogP contribution in [0.3, 0.4) is 0 Å². The molecule has 0 saturated carbocycles. The summed E-state index contributed by atoms with van der Waals surface area (Å²) < 4.78 is 0. The van der Waals surface area contributed by atoms with Crippen LogP contribution in [0, 0.1) is 19.8 Å². The Labute approximate surface area is 101 Å². The van der Waals surface area contributed by atoms with Gasteiger partial charge >= 0.3 is 0 Å². The van der Waals surface area contributed by atoms with Gasteiger partial charge < -0.3 is 10.6 Å². The first kappa shape index (κ1) is 12.0. The van der Waals surface area contributed by atoms with Gasteiger partial charge in [0.25, 0.3) is 0 Å². The monoisotopic (exact) mass is 234 g/mol. The number of carbonyl (C=O) groups is 1. The highest BCUT2D eigenvalue weighted by atomic mass is 16.1. The molecule has 0 aliphatic carbocycles. The number of nitrogens with zero attached hydrogens (tertiary/aromatic N) is 2. The summed E-state index contributed by atoms with van der Waals surface area (Å²) in [6.07, 6.45) is 1.80. The van der Waals surface area contributed by atoms with Gasteiger partial charge in [-0.3, -0.25) is 4.79 Å². The van der Waals surface area contributed by atoms with Crippen LogP contribution in [0.2, 0.25) is 0 Å². The molecule has 92 valence electrons. The van der Waals surface area contributed by atoms with Crippen molar-refractivity contribution in [3.8, 4) is 0 Å². The molecule has 1 fully saturated rings. The highest BCUT2D eigenvalue weighted by Gasteiger charge is 2.21. The maximum atomic E-state index is 12.0. The minimum Gasteiger partial charge on any atom is -0.317 e. The molecule has 0 radical (unpaired) electrons. The van der Waals surface area contributed by atoms with E-state index in [1.165, 1.54) is 0 Å². The Morgan fingerprint density at radius 3 is 2.71 bits per heavy atom. The summed E-state index contributed by atoms with van der Waals surface area (Å²) in [5.74, 6) is 1.47. The van der Waals surface area contributed by atoms with E-state index in [0.717, 1.165) is 31.6 Å². The van der Waals surface area contributed by atoms with E-state index in [2.05, 4.69) is 20.6 Å². The third-order valence-electron chi connectivity index (χ3n) is 2.93. The summed E-state index contributed by atoms with van der Waals surface area (Å²) in [5, 5.41) is 6.12. The van der Waals surface area contributed by atoms with E-state index in [4.69, 9.17) is 0 Å². The molecule has 2 N–H and O–H groups in total. The molecule has 17 heavy (non-hydrogen) atoms. The van der Waals surface area contributed by atoms with Gasteiger partial charge in [0.1, 0.15) is 11.6 Å². The fourth-order valence-corrected chi connectivity index (χ4v) is 2.09. The van der Waals surface area contributed by atoms with E-state index >= 15 is 0 Å². The van der Waals surface area contributed by atoms with E-state index in [9.17, 15) is 4.79 Å². The number of rotatable bonds is 2. The van der Waals surface area contributed by atoms with E-state index in [1.807, 2.05) is 13.8 Å². The van der Waals surface area contributed by atoms with Crippen LogP contribution in [0.4, 0.5) is 5.82 Å². The second-order valence-electron chi connectivity index (χ2n) is 4.46. The van der Waals surface area contributed by atoms with Crippen molar-refractivity contribution in [3.63, 3.8) is 0 Å². The Hall–Kier alpha value is -1.49. The standard InChI is InChI=1S/C12H18N4O/c1-8-7-11(15-9(2)14-8)16-12(17)10-3-5-13-6-4-10/h7,10,13H,3-6H2,1-2H3,(H,14,15,16,17). The molecule has 1 aromatic rings. The van der Waals surface area contributed by atoms with Gasteiger partial charge in [0, 0.05) is 17.7 Å². The topological polar surface area (TPSA) is 66.9 Å². The van der Waals surface area contributed by atoms with Gasteiger partial charge in [-0.05, 0) is 39.8 Å². The second kappa shape index (κ2) is 5.23. The summed E-state index contributed by atoms with van der Waals surface area (Å²) in [4.78, 5) is 20.4. The molecule has 1 amide bonds. The predicted molar refractivity (Wildman–Crippen MR) is 65.7 cm³/mol. The normalized spacial score (nSPS) is 16.8. The zero-order valence-electron chi connectivity index (χ0n) is 10.3. The van der Waals surface area contributed by atoms with Gasteiger partial charge in [-0.1, -0.05) is 0 Å². The van der Waals surface area contributed by atoms with Crippen LogP contribution >= 0.6 is 0 Å². The number of carbonyl (C=O) groups excluding carboxylic acids is 1. The summed E-state index contributed by atoms with van der Waals surface area (Å²) in [6.45, 7) is 5.56. The van der Waals surface area contributed by atoms with Crippen LogP contribution in [0.25, 0.3) is 0 Å². The lowest BCUT2D eigenvalue weighted by molar-refractivity contribution is -0.120. The third kappa shape index (κ3) is 3.23. The molecule has 2 heterocycles. The lowest BCUT2D eigenvalue weighted by Crippen LogP contribution is -2.34. The van der Waals surface area contributed by atoms with Crippen LogP contribution < -0.4 is 10.6 Å². The summed E-state index contributed by atoms with van der Waals surface area (Å²) in [6, 6.07) is 1.80. The zero-order chi connectivity index (χ0) is 12.3. The number of aromatic nitrogens is 2. The molecule has 2 rings (SSSR count). The number of amides is 1. The quantitative estimate of drug-likeness (QED) is 0.802. The minimum absolute atomic E-state index is 0.0731. The Kier molecular flexibility index (Phi) is 3.68. The van der Waals surface area contributed by atoms with Gasteiger partial charge in [0.05, 0.1) is 0 Å². The fraction of sp³-hybridized carbons (Fsp3) is 0.583. The van der Waals surface area contributed by atoms with Gasteiger partial charge in [-0.2, -0.15) is 0 Å². The highest BCUT2D eigenvalue weighted by Crippen LogP contribution is 2.14. The van der Waals surface area contributed by atoms with Gasteiger partial charge in [0.2, 0.25) is 5.91 Å². The molecule has 0 aromatic carbocycles. The smallest absolute Gasteiger partial charge is 0.228 e. The summed E-state index contributed by atoms with van der Waals surface area (Å²) in [7, 11) is 0. The van der Waals surface area contributed by atoms with Crippen LogP contribution in [0.15, 0.2) is 6.07 Å². The van der Waals surface area contributed by atoms with Gasteiger partial charge in [0.15, 0.2) is 0 Å². The van der Waals surface area contributed by atoms with Crippen molar-refractivity contribution in [1.82, 2.24) is 15.3 Å². The molecule has 0 unspecified atom stereocenters. The number of piperidine rings is 1. The maximum Gasteiger partial charge on any atom is 0.228 e. The van der Waals surface area contributed by atoms with E-state index in [1.54, 1.807) is 6.07 Å². The average molecular weight is 234 g/mol. The van der Waals surface area contributed by atoms with Crippen molar-refractivity contribution >= 4 is 11.7 Å². The molecule has 5 nitrogen and oxygen atoms in total. The highest BCUT2D eigenvalue weighted by molar-refractivity contribution is 5.91. The number of anilines is 1. The first-order chi connectivity index (χ1) is 8.15. The van der Waals surface area contributed by atoms with Crippen molar-refractivity contribution in [1.29, 1.82) is 0 Å². The molecule has 1 aliphatic heterocycles. The van der Waals surface area contributed by atoms with Crippen molar-refractivity contribution in [2.24, 2.45) is 5.92 Å². The van der Waals surface area contributed by atoms with Crippen LogP contribution in [-0.2, 0) is 4.79 Å². The van der Waals surface area contributed by atoms with Crippen LogP contribution in [0.5, 0.6) is 0 Å². The number of hydrogen-bond donors (Lipinski definition) is 2. The Bertz CT molecular complexity index is 393. The molecular weight excluding hydrogens is 216 g/mol. The van der Waals surface area contributed by atoms with Crippen molar-refractivity contribution in [2.75, 3.05) is 18.4 Å². The molecule has 5 heteroatoms. The molecule has 1 saturated heterocycles. The van der Waals surface area contributed by atoms with E-state index in [-0.39, 0.29) is 11.8 Å². The fourth-order valence-electron chi connectivity index (χ4n) is 2.09. The molecule has 1 aliphatic rings. The Balaban J connectivity index is 2.01. The number of hydrogen-bond acceptors (Lipinski definition) is 4. The maximum absolute atomic E-state index is 12.0. The van der Waals surface area contributed by atoms with Crippen molar-refractivity contribution in [3.05, 3.63) is 17.6 Å². The molecular formula is C12H18N4O. The Morgan fingerprint density at radius 1 is 1.35 bits per heavy atom. The molecule has 1 aromatic heterocycles. The van der Waals surface area contributed by atoms with Crippen LogP contribution in [0.1, 0.15) is 24.4 Å². The number of nitrogens with one attached hydrogen (secondary N) is 2. The second-order valence-corrected chi connectivity index (χ2v) is 4.46. The summed E-state index contributed by atoms with van der Waals surface area (Å²) in [5.41, 5.74) is 0.873. The first-order valence-electron chi connectivity index (χ1n) is 5.99.